The number of nitriles is 1. The third-order valence-electron chi connectivity index (χ3n) is 3.44. The molecular formula is C16H17N3O3. The van der Waals surface area contributed by atoms with Crippen LogP contribution in [-0.2, 0) is 11.3 Å². The van der Waals surface area contributed by atoms with E-state index in [0.29, 0.717) is 28.5 Å². The summed E-state index contributed by atoms with van der Waals surface area (Å²) < 4.78 is 7.28. The van der Waals surface area contributed by atoms with Gasteiger partial charge in [0.2, 0.25) is 0 Å². The molecule has 0 fully saturated rings. The SMILES string of the molecule is Cc1cc(Oc2c(C)nn(CC(=O)O)c2C)cc(C)c1C#N. The Morgan fingerprint density at radius 1 is 1.32 bits per heavy atom. The van der Waals surface area contributed by atoms with Gasteiger partial charge in [-0.3, -0.25) is 9.48 Å². The van der Waals surface area contributed by atoms with Gasteiger partial charge in [0.15, 0.2) is 5.75 Å². The van der Waals surface area contributed by atoms with Crippen molar-refractivity contribution in [1.82, 2.24) is 9.78 Å². The Bertz CT molecular complexity index is 762. The molecule has 0 saturated carbocycles. The molecule has 22 heavy (non-hydrogen) atoms. The molecule has 0 radical (unpaired) electrons. The maximum atomic E-state index is 10.8. The van der Waals surface area contributed by atoms with Gasteiger partial charge in [0, 0.05) is 0 Å². The Morgan fingerprint density at radius 2 is 1.91 bits per heavy atom. The minimum atomic E-state index is -0.956. The molecule has 6 nitrogen and oxygen atoms in total. The number of carbonyl (C=O) groups is 1. The Hall–Kier alpha value is -2.81. The van der Waals surface area contributed by atoms with Crippen LogP contribution < -0.4 is 4.74 Å². The van der Waals surface area contributed by atoms with E-state index in [9.17, 15) is 4.79 Å². The number of aromatic nitrogens is 2. The van der Waals surface area contributed by atoms with Gasteiger partial charge in [-0.05, 0) is 51.0 Å². The lowest BCUT2D eigenvalue weighted by Crippen LogP contribution is -2.11. The van der Waals surface area contributed by atoms with E-state index in [-0.39, 0.29) is 6.54 Å². The minimum Gasteiger partial charge on any atom is -0.480 e. The molecule has 0 unspecified atom stereocenters. The predicted molar refractivity (Wildman–Crippen MR) is 80.0 cm³/mol. The molecule has 0 spiro atoms. The standard InChI is InChI=1S/C16H17N3O3/c1-9-5-13(6-10(2)14(9)7-17)22-16-11(3)18-19(12(16)4)8-15(20)21/h5-6H,8H2,1-4H3,(H,20,21). The number of carboxylic acid groups (broad SMARTS) is 1. The van der Waals surface area contributed by atoms with Gasteiger partial charge in [-0.25, -0.2) is 0 Å². The van der Waals surface area contributed by atoms with Crippen LogP contribution in [0, 0.1) is 39.0 Å². The summed E-state index contributed by atoms with van der Waals surface area (Å²) in [6, 6.07) is 5.75. The molecule has 0 aliphatic carbocycles. The zero-order valence-electron chi connectivity index (χ0n) is 13.0. The van der Waals surface area contributed by atoms with E-state index in [1.807, 2.05) is 13.8 Å². The predicted octanol–water partition coefficient (Wildman–Crippen LogP) is 2.87. The summed E-state index contributed by atoms with van der Waals surface area (Å²) in [5.41, 5.74) is 3.59. The molecule has 0 aliphatic rings. The lowest BCUT2D eigenvalue weighted by molar-refractivity contribution is -0.137. The summed E-state index contributed by atoms with van der Waals surface area (Å²) in [7, 11) is 0. The average molecular weight is 299 g/mol. The molecule has 6 heteroatoms. The second kappa shape index (κ2) is 5.90. The van der Waals surface area contributed by atoms with Gasteiger partial charge in [0.25, 0.3) is 0 Å². The molecular weight excluding hydrogens is 282 g/mol. The summed E-state index contributed by atoms with van der Waals surface area (Å²) in [4.78, 5) is 10.8. The van der Waals surface area contributed by atoms with Crippen LogP contribution in [0.15, 0.2) is 12.1 Å². The molecule has 0 aliphatic heterocycles. The first-order valence-corrected chi connectivity index (χ1v) is 6.78. The van der Waals surface area contributed by atoms with Crippen LogP contribution in [0.5, 0.6) is 11.5 Å². The lowest BCUT2D eigenvalue weighted by atomic mass is 10.0. The van der Waals surface area contributed by atoms with E-state index in [1.165, 1.54) is 4.68 Å². The fourth-order valence-electron chi connectivity index (χ4n) is 2.39. The quantitative estimate of drug-likeness (QED) is 0.937. The normalized spacial score (nSPS) is 10.3. The molecule has 114 valence electrons. The third-order valence-corrected chi connectivity index (χ3v) is 3.44. The van der Waals surface area contributed by atoms with Crippen molar-refractivity contribution in [3.63, 3.8) is 0 Å². The number of hydrogen-bond acceptors (Lipinski definition) is 4. The van der Waals surface area contributed by atoms with Gasteiger partial charge >= 0.3 is 5.97 Å². The molecule has 2 rings (SSSR count). The number of nitrogens with zero attached hydrogens (tertiary/aromatic N) is 3. The smallest absolute Gasteiger partial charge is 0.325 e. The highest BCUT2D eigenvalue weighted by Crippen LogP contribution is 2.30. The first kappa shape index (κ1) is 15.6. The number of aliphatic carboxylic acids is 1. The van der Waals surface area contributed by atoms with E-state index < -0.39 is 5.97 Å². The van der Waals surface area contributed by atoms with Crippen LogP contribution in [0.4, 0.5) is 0 Å². The molecule has 1 aromatic heterocycles. The minimum absolute atomic E-state index is 0.207. The summed E-state index contributed by atoms with van der Waals surface area (Å²) in [5, 5.41) is 22.2. The van der Waals surface area contributed by atoms with E-state index in [2.05, 4.69) is 11.2 Å². The maximum Gasteiger partial charge on any atom is 0.325 e. The number of rotatable bonds is 4. The highest BCUT2D eigenvalue weighted by molar-refractivity contribution is 5.66. The summed E-state index contributed by atoms with van der Waals surface area (Å²) in [5.74, 6) is 0.196. The maximum absolute atomic E-state index is 10.8. The van der Waals surface area contributed by atoms with Gasteiger partial charge in [-0.15, -0.1) is 0 Å². The van der Waals surface area contributed by atoms with Gasteiger partial charge < -0.3 is 9.84 Å². The van der Waals surface area contributed by atoms with Gasteiger partial charge in [-0.1, -0.05) is 0 Å². The van der Waals surface area contributed by atoms with Crippen molar-refractivity contribution in [2.75, 3.05) is 0 Å². The zero-order valence-corrected chi connectivity index (χ0v) is 13.0. The van der Waals surface area contributed by atoms with Crippen molar-refractivity contribution in [2.24, 2.45) is 0 Å². The highest BCUT2D eigenvalue weighted by Gasteiger charge is 2.16. The van der Waals surface area contributed by atoms with Crippen molar-refractivity contribution >= 4 is 5.97 Å². The summed E-state index contributed by atoms with van der Waals surface area (Å²) in [6.45, 7) is 7.03. The van der Waals surface area contributed by atoms with E-state index in [1.54, 1.807) is 26.0 Å². The molecule has 0 amide bonds. The molecule has 1 heterocycles. The van der Waals surface area contributed by atoms with Crippen molar-refractivity contribution in [3.05, 3.63) is 40.2 Å². The van der Waals surface area contributed by atoms with Gasteiger partial charge in [0.05, 0.1) is 17.3 Å². The topological polar surface area (TPSA) is 88.1 Å². The van der Waals surface area contributed by atoms with Crippen LogP contribution in [0.3, 0.4) is 0 Å². The number of benzene rings is 1. The van der Waals surface area contributed by atoms with E-state index >= 15 is 0 Å². The third kappa shape index (κ3) is 2.93. The van der Waals surface area contributed by atoms with Crippen molar-refractivity contribution < 1.29 is 14.6 Å². The Morgan fingerprint density at radius 3 is 2.41 bits per heavy atom. The average Bonchev–Trinajstić information content (AvgIpc) is 2.65. The van der Waals surface area contributed by atoms with Crippen LogP contribution in [0.25, 0.3) is 0 Å². The van der Waals surface area contributed by atoms with Crippen molar-refractivity contribution in [1.29, 1.82) is 5.26 Å². The van der Waals surface area contributed by atoms with Crippen LogP contribution in [0.2, 0.25) is 0 Å². The van der Waals surface area contributed by atoms with E-state index in [0.717, 1.165) is 11.1 Å². The molecule has 2 aromatic rings. The van der Waals surface area contributed by atoms with Gasteiger partial charge in [0.1, 0.15) is 18.0 Å². The summed E-state index contributed by atoms with van der Waals surface area (Å²) in [6.07, 6.45) is 0. The lowest BCUT2D eigenvalue weighted by Gasteiger charge is -2.10. The Balaban J connectivity index is 2.38. The molecule has 1 N–H and O–H groups in total. The van der Waals surface area contributed by atoms with Crippen molar-refractivity contribution in [3.8, 4) is 17.6 Å². The fourth-order valence-corrected chi connectivity index (χ4v) is 2.39. The van der Waals surface area contributed by atoms with Crippen LogP contribution in [0.1, 0.15) is 28.1 Å². The summed E-state index contributed by atoms with van der Waals surface area (Å²) >= 11 is 0. The Kier molecular flexibility index (Phi) is 4.18. The molecule has 0 saturated heterocycles. The highest BCUT2D eigenvalue weighted by atomic mass is 16.5. The largest absolute Gasteiger partial charge is 0.480 e. The van der Waals surface area contributed by atoms with Crippen molar-refractivity contribution in [2.45, 2.75) is 34.2 Å². The molecule has 1 aromatic carbocycles. The Labute approximate surface area is 128 Å². The molecule has 0 bridgehead atoms. The number of aryl methyl sites for hydroxylation is 3. The first-order chi connectivity index (χ1) is 10.3. The second-order valence-electron chi connectivity index (χ2n) is 5.20. The molecule has 0 atom stereocenters. The second-order valence-corrected chi connectivity index (χ2v) is 5.20. The van der Waals surface area contributed by atoms with Crippen LogP contribution >= 0.6 is 0 Å². The van der Waals surface area contributed by atoms with Gasteiger partial charge in [-0.2, -0.15) is 10.4 Å². The fraction of sp³-hybridized carbons (Fsp3) is 0.312. The number of hydrogen-bond donors (Lipinski definition) is 1. The monoisotopic (exact) mass is 299 g/mol. The zero-order chi connectivity index (χ0) is 16.4. The van der Waals surface area contributed by atoms with Crippen LogP contribution in [-0.4, -0.2) is 20.9 Å². The number of ether oxygens (including phenoxy) is 1. The number of carboxylic acids is 1. The van der Waals surface area contributed by atoms with E-state index in [4.69, 9.17) is 15.1 Å². The first-order valence-electron chi connectivity index (χ1n) is 6.78.